The standard InChI is InChI=1S/C11H12N2O3/c1-3-16-11(15)7(2)8-5-4-6-9(14)10(8)13-12/h4-7H,3H2,1-2H3. The molecule has 0 bridgehead atoms. The van der Waals surface area contributed by atoms with Gasteiger partial charge in [-0.3, -0.25) is 9.59 Å². The molecular formula is C11H12N2O3. The molecule has 16 heavy (non-hydrogen) atoms. The number of nitrogens with zero attached hydrogens (tertiary/aromatic N) is 2. The number of ether oxygens (including phenoxy) is 1. The van der Waals surface area contributed by atoms with E-state index in [2.05, 4.69) is 4.79 Å². The number of ketones is 1. The Balaban J connectivity index is 2.99. The average molecular weight is 220 g/mol. The summed E-state index contributed by atoms with van der Waals surface area (Å²) in [6.45, 7) is 3.57. The highest BCUT2D eigenvalue weighted by atomic mass is 16.5. The summed E-state index contributed by atoms with van der Waals surface area (Å²) in [5, 5.41) is 0. The minimum absolute atomic E-state index is 0.108. The molecule has 0 N–H and O–H groups in total. The van der Waals surface area contributed by atoms with Crippen LogP contribution in [0.1, 0.15) is 13.8 Å². The van der Waals surface area contributed by atoms with Gasteiger partial charge >= 0.3 is 11.7 Å². The van der Waals surface area contributed by atoms with Gasteiger partial charge in [-0.15, -0.1) is 0 Å². The van der Waals surface area contributed by atoms with E-state index in [1.54, 1.807) is 19.9 Å². The summed E-state index contributed by atoms with van der Waals surface area (Å²) in [7, 11) is 0. The SMILES string of the molecule is CCOC(=O)C(C)C1=CC=CC(=O)C1=[N+]=[N-]. The first-order valence-corrected chi connectivity index (χ1v) is 4.93. The molecule has 84 valence electrons. The van der Waals surface area contributed by atoms with Crippen molar-refractivity contribution in [3.63, 3.8) is 0 Å². The number of carbonyl (C=O) groups is 2. The van der Waals surface area contributed by atoms with Crippen LogP contribution in [0.15, 0.2) is 23.8 Å². The fraction of sp³-hybridized carbons (Fsp3) is 0.364. The van der Waals surface area contributed by atoms with Crippen LogP contribution >= 0.6 is 0 Å². The van der Waals surface area contributed by atoms with Gasteiger partial charge in [-0.2, -0.15) is 4.79 Å². The topological polar surface area (TPSA) is 79.8 Å². The normalized spacial score (nSPS) is 16.5. The van der Waals surface area contributed by atoms with Crippen LogP contribution in [0.5, 0.6) is 0 Å². The van der Waals surface area contributed by atoms with Crippen LogP contribution in [-0.4, -0.2) is 28.9 Å². The van der Waals surface area contributed by atoms with Crippen LogP contribution in [0.25, 0.3) is 5.53 Å². The largest absolute Gasteiger partial charge is 0.466 e. The molecule has 5 nitrogen and oxygen atoms in total. The third-order valence-corrected chi connectivity index (χ3v) is 2.24. The van der Waals surface area contributed by atoms with E-state index in [1.165, 1.54) is 12.2 Å². The van der Waals surface area contributed by atoms with Crippen molar-refractivity contribution in [3.8, 4) is 0 Å². The molecule has 5 heteroatoms. The van der Waals surface area contributed by atoms with E-state index in [4.69, 9.17) is 10.3 Å². The lowest BCUT2D eigenvalue weighted by atomic mass is 9.91. The van der Waals surface area contributed by atoms with E-state index in [0.717, 1.165) is 0 Å². The Morgan fingerprint density at radius 3 is 2.88 bits per heavy atom. The summed E-state index contributed by atoms with van der Waals surface area (Å²) in [6, 6.07) is 0. The van der Waals surface area contributed by atoms with Crippen molar-refractivity contribution in [1.82, 2.24) is 0 Å². The summed E-state index contributed by atoms with van der Waals surface area (Å²) >= 11 is 0. The zero-order valence-electron chi connectivity index (χ0n) is 9.14. The number of carbonyl (C=O) groups excluding carboxylic acids is 2. The summed E-state index contributed by atoms with van der Waals surface area (Å²) in [5.74, 6) is -1.49. The van der Waals surface area contributed by atoms with Gasteiger partial charge in [-0.1, -0.05) is 12.2 Å². The Morgan fingerprint density at radius 1 is 1.62 bits per heavy atom. The van der Waals surface area contributed by atoms with Gasteiger partial charge in [-0.25, -0.2) is 0 Å². The molecule has 0 saturated carbocycles. The number of esters is 1. The highest BCUT2D eigenvalue weighted by Crippen LogP contribution is 2.17. The van der Waals surface area contributed by atoms with Crippen molar-refractivity contribution in [3.05, 3.63) is 29.3 Å². The Morgan fingerprint density at radius 2 is 2.31 bits per heavy atom. The lowest BCUT2D eigenvalue weighted by Gasteiger charge is -2.11. The number of hydrogen-bond donors (Lipinski definition) is 0. The summed E-state index contributed by atoms with van der Waals surface area (Å²) in [4.78, 5) is 25.7. The Bertz CT molecular complexity index is 429. The maximum atomic E-state index is 11.5. The zero-order chi connectivity index (χ0) is 12.1. The van der Waals surface area contributed by atoms with Gasteiger partial charge in [0, 0.05) is 0 Å². The van der Waals surface area contributed by atoms with Gasteiger partial charge < -0.3 is 10.3 Å². The van der Waals surface area contributed by atoms with Crippen molar-refractivity contribution < 1.29 is 19.1 Å². The average Bonchev–Trinajstić information content (AvgIpc) is 2.28. The second-order valence-electron chi connectivity index (χ2n) is 3.27. The second-order valence-corrected chi connectivity index (χ2v) is 3.27. The first-order chi connectivity index (χ1) is 7.61. The van der Waals surface area contributed by atoms with Crippen molar-refractivity contribution >= 4 is 17.5 Å². The van der Waals surface area contributed by atoms with Crippen LogP contribution in [0.4, 0.5) is 0 Å². The Kier molecular flexibility index (Phi) is 3.91. The van der Waals surface area contributed by atoms with Crippen molar-refractivity contribution in [1.29, 1.82) is 0 Å². The molecule has 0 saturated heterocycles. The lowest BCUT2D eigenvalue weighted by molar-refractivity contribution is -0.146. The molecule has 0 aromatic heterocycles. The minimum atomic E-state index is -0.625. The molecule has 0 aliphatic heterocycles. The van der Waals surface area contributed by atoms with Gasteiger partial charge in [0.2, 0.25) is 0 Å². The molecule has 0 radical (unpaired) electrons. The van der Waals surface area contributed by atoms with Crippen molar-refractivity contribution in [2.24, 2.45) is 5.92 Å². The third-order valence-electron chi connectivity index (χ3n) is 2.24. The maximum absolute atomic E-state index is 11.5. The van der Waals surface area contributed by atoms with Crippen LogP contribution < -0.4 is 0 Å². The summed E-state index contributed by atoms with van der Waals surface area (Å²) < 4.78 is 4.83. The van der Waals surface area contributed by atoms with Crippen LogP contribution in [-0.2, 0) is 14.3 Å². The lowest BCUT2D eigenvalue weighted by Crippen LogP contribution is -2.27. The first kappa shape index (κ1) is 12.1. The molecule has 1 aliphatic carbocycles. The smallest absolute Gasteiger partial charge is 0.366 e. The zero-order valence-corrected chi connectivity index (χ0v) is 9.14. The number of hydrogen-bond acceptors (Lipinski definition) is 3. The Hall–Kier alpha value is -2.00. The molecule has 1 aliphatic rings. The van der Waals surface area contributed by atoms with Gasteiger partial charge in [-0.05, 0) is 19.9 Å². The molecule has 0 aromatic rings. The predicted octanol–water partition coefficient (Wildman–Crippen LogP) is 0.922. The molecule has 1 atom stereocenters. The van der Waals surface area contributed by atoms with E-state index in [-0.39, 0.29) is 12.3 Å². The van der Waals surface area contributed by atoms with Gasteiger partial charge in [0.05, 0.1) is 18.1 Å². The summed E-state index contributed by atoms with van der Waals surface area (Å²) in [5.41, 5.74) is 8.99. The Labute approximate surface area is 93.0 Å². The van der Waals surface area contributed by atoms with Crippen molar-refractivity contribution in [2.45, 2.75) is 13.8 Å². The first-order valence-electron chi connectivity index (χ1n) is 4.93. The fourth-order valence-corrected chi connectivity index (χ4v) is 1.39. The highest BCUT2D eigenvalue weighted by molar-refractivity contribution is 6.48. The molecule has 0 aromatic carbocycles. The predicted molar refractivity (Wildman–Crippen MR) is 56.7 cm³/mol. The molecule has 0 fully saturated rings. The van der Waals surface area contributed by atoms with E-state index in [9.17, 15) is 9.59 Å². The minimum Gasteiger partial charge on any atom is -0.466 e. The van der Waals surface area contributed by atoms with E-state index in [0.29, 0.717) is 5.57 Å². The van der Waals surface area contributed by atoms with Crippen LogP contribution in [0.3, 0.4) is 0 Å². The molecule has 0 heterocycles. The van der Waals surface area contributed by atoms with Crippen molar-refractivity contribution in [2.75, 3.05) is 6.61 Å². The third kappa shape index (κ3) is 2.32. The fourth-order valence-electron chi connectivity index (χ4n) is 1.39. The highest BCUT2D eigenvalue weighted by Gasteiger charge is 2.33. The second kappa shape index (κ2) is 5.19. The quantitative estimate of drug-likeness (QED) is 0.307. The molecule has 0 spiro atoms. The monoisotopic (exact) mass is 220 g/mol. The van der Waals surface area contributed by atoms with Gasteiger partial charge in [0.25, 0.3) is 5.78 Å². The van der Waals surface area contributed by atoms with E-state index < -0.39 is 17.7 Å². The van der Waals surface area contributed by atoms with Crippen LogP contribution in [0.2, 0.25) is 0 Å². The molecular weight excluding hydrogens is 208 g/mol. The van der Waals surface area contributed by atoms with Gasteiger partial charge in [0.1, 0.15) is 0 Å². The summed E-state index contributed by atoms with van der Waals surface area (Å²) in [6.07, 6.45) is 4.36. The van der Waals surface area contributed by atoms with Gasteiger partial charge in [0.15, 0.2) is 0 Å². The maximum Gasteiger partial charge on any atom is 0.366 e. The van der Waals surface area contributed by atoms with E-state index >= 15 is 0 Å². The number of allylic oxidation sites excluding steroid dienone is 3. The number of rotatable bonds is 3. The molecule has 1 rings (SSSR count). The molecule has 0 amide bonds. The molecule has 1 unspecified atom stereocenters. The van der Waals surface area contributed by atoms with Crippen LogP contribution in [0, 0.1) is 5.92 Å². The van der Waals surface area contributed by atoms with E-state index in [1.807, 2.05) is 0 Å².